The lowest BCUT2D eigenvalue weighted by Crippen LogP contribution is -2.14. The molecular formula is C17H14N4OS. The van der Waals surface area contributed by atoms with Crippen molar-refractivity contribution < 1.29 is 0 Å². The number of imidazole rings is 1. The third-order valence-corrected chi connectivity index (χ3v) is 4.80. The summed E-state index contributed by atoms with van der Waals surface area (Å²) in [5.74, 6) is 1.51. The highest BCUT2D eigenvalue weighted by molar-refractivity contribution is 7.98. The predicted molar refractivity (Wildman–Crippen MR) is 92.6 cm³/mol. The monoisotopic (exact) mass is 322 g/mol. The molecule has 5 nitrogen and oxygen atoms in total. The fraction of sp³-hybridized carbons (Fsp3) is 0.118. The third kappa shape index (κ3) is 2.51. The number of benzene rings is 2. The molecule has 114 valence electrons. The van der Waals surface area contributed by atoms with Gasteiger partial charge in [0.05, 0.1) is 27.7 Å². The zero-order chi connectivity index (χ0) is 15.8. The first-order valence-corrected chi connectivity index (χ1v) is 8.23. The molecule has 0 amide bonds. The van der Waals surface area contributed by atoms with Crippen LogP contribution in [0.5, 0.6) is 0 Å². The molecule has 2 aromatic carbocycles. The van der Waals surface area contributed by atoms with Gasteiger partial charge in [0.15, 0.2) is 5.16 Å². The Morgan fingerprint density at radius 2 is 1.87 bits per heavy atom. The largest absolute Gasteiger partial charge is 0.341 e. The molecule has 0 atom stereocenters. The van der Waals surface area contributed by atoms with Crippen molar-refractivity contribution in [2.75, 3.05) is 0 Å². The number of hydrogen-bond acceptors (Lipinski definition) is 4. The predicted octanol–water partition coefficient (Wildman–Crippen LogP) is 3.10. The number of fused-ring (bicyclic) bond motifs is 2. The van der Waals surface area contributed by atoms with Crippen molar-refractivity contribution in [3.63, 3.8) is 0 Å². The molecule has 0 fully saturated rings. The van der Waals surface area contributed by atoms with Crippen molar-refractivity contribution in [3.8, 4) is 0 Å². The topological polar surface area (TPSA) is 63.6 Å². The molecule has 0 bridgehead atoms. The highest BCUT2D eigenvalue weighted by Gasteiger charge is 2.09. The Morgan fingerprint density at radius 1 is 1.09 bits per heavy atom. The standard InChI is InChI=1S/C17H14N4OS/c1-21-14-9-5-2-6-11(14)16(22)20-17(21)23-10-15-18-12-7-3-4-8-13(12)19-15/h2-9H,10H2,1H3,(H,18,19). The second kappa shape index (κ2) is 5.55. The van der Waals surface area contributed by atoms with Crippen molar-refractivity contribution in [3.05, 3.63) is 64.7 Å². The van der Waals surface area contributed by atoms with Gasteiger partial charge in [0.1, 0.15) is 5.82 Å². The Balaban J connectivity index is 1.67. The number of aromatic nitrogens is 4. The van der Waals surface area contributed by atoms with Gasteiger partial charge in [0.2, 0.25) is 0 Å². The number of thioether (sulfide) groups is 1. The summed E-state index contributed by atoms with van der Waals surface area (Å²) in [7, 11) is 1.93. The van der Waals surface area contributed by atoms with E-state index < -0.39 is 0 Å². The van der Waals surface area contributed by atoms with Crippen LogP contribution in [0, 0.1) is 0 Å². The van der Waals surface area contributed by atoms with Crippen LogP contribution in [0.3, 0.4) is 0 Å². The number of H-pyrrole nitrogens is 1. The Labute approximate surface area is 136 Å². The zero-order valence-electron chi connectivity index (χ0n) is 12.5. The molecule has 4 rings (SSSR count). The Morgan fingerprint density at radius 3 is 2.74 bits per heavy atom. The van der Waals surface area contributed by atoms with Crippen LogP contribution in [-0.2, 0) is 12.8 Å². The van der Waals surface area contributed by atoms with Gasteiger partial charge in [-0.05, 0) is 24.3 Å². The molecule has 2 heterocycles. The van der Waals surface area contributed by atoms with E-state index in [1.54, 1.807) is 6.07 Å². The molecule has 23 heavy (non-hydrogen) atoms. The van der Waals surface area contributed by atoms with Crippen LogP contribution in [0.2, 0.25) is 0 Å². The summed E-state index contributed by atoms with van der Waals surface area (Å²) in [5, 5.41) is 1.33. The second-order valence-electron chi connectivity index (χ2n) is 5.27. The maximum atomic E-state index is 12.1. The van der Waals surface area contributed by atoms with Gasteiger partial charge >= 0.3 is 0 Å². The van der Waals surface area contributed by atoms with Gasteiger partial charge in [-0.25, -0.2) is 4.98 Å². The minimum Gasteiger partial charge on any atom is -0.341 e. The first-order chi connectivity index (χ1) is 11.2. The van der Waals surface area contributed by atoms with Gasteiger partial charge in [0.25, 0.3) is 5.56 Å². The fourth-order valence-electron chi connectivity index (χ4n) is 2.61. The van der Waals surface area contributed by atoms with Crippen LogP contribution in [-0.4, -0.2) is 19.5 Å². The van der Waals surface area contributed by atoms with Crippen LogP contribution < -0.4 is 5.56 Å². The lowest BCUT2D eigenvalue weighted by atomic mass is 10.2. The average molecular weight is 322 g/mol. The summed E-state index contributed by atoms with van der Waals surface area (Å²) in [6.07, 6.45) is 0. The van der Waals surface area contributed by atoms with Gasteiger partial charge in [-0.2, -0.15) is 4.98 Å². The van der Waals surface area contributed by atoms with E-state index in [0.29, 0.717) is 16.3 Å². The Kier molecular flexibility index (Phi) is 3.38. The van der Waals surface area contributed by atoms with Crippen molar-refractivity contribution in [2.45, 2.75) is 10.9 Å². The summed E-state index contributed by atoms with van der Waals surface area (Å²) in [5.41, 5.74) is 2.66. The van der Waals surface area contributed by atoms with E-state index in [-0.39, 0.29) is 5.56 Å². The summed E-state index contributed by atoms with van der Waals surface area (Å²) < 4.78 is 1.95. The van der Waals surface area contributed by atoms with E-state index in [1.165, 1.54) is 11.8 Å². The molecule has 0 aliphatic rings. The normalized spacial score (nSPS) is 11.3. The molecule has 0 saturated heterocycles. The van der Waals surface area contributed by atoms with Crippen LogP contribution in [0.4, 0.5) is 0 Å². The molecule has 0 unspecified atom stereocenters. The van der Waals surface area contributed by atoms with Gasteiger partial charge < -0.3 is 9.55 Å². The minimum absolute atomic E-state index is 0.189. The molecule has 0 aliphatic heterocycles. The minimum atomic E-state index is -0.189. The third-order valence-electron chi connectivity index (χ3n) is 3.76. The summed E-state index contributed by atoms with van der Waals surface area (Å²) in [6, 6.07) is 15.4. The Bertz CT molecular complexity index is 1030. The van der Waals surface area contributed by atoms with Crippen molar-refractivity contribution in [1.29, 1.82) is 0 Å². The number of nitrogens with zero attached hydrogens (tertiary/aromatic N) is 3. The molecule has 0 saturated carbocycles. The van der Waals surface area contributed by atoms with E-state index in [0.717, 1.165) is 22.4 Å². The summed E-state index contributed by atoms with van der Waals surface area (Å²) >= 11 is 1.50. The SMILES string of the molecule is Cn1c(SCc2nc3ccccc3[nH]2)nc(=O)c2ccccc21. The second-order valence-corrected chi connectivity index (χ2v) is 6.21. The number of aryl methyl sites for hydroxylation is 1. The van der Waals surface area contributed by atoms with E-state index in [4.69, 9.17) is 0 Å². The molecule has 1 N–H and O–H groups in total. The Hall–Kier alpha value is -2.60. The maximum absolute atomic E-state index is 12.1. The van der Waals surface area contributed by atoms with Gasteiger partial charge in [-0.15, -0.1) is 0 Å². The van der Waals surface area contributed by atoms with E-state index >= 15 is 0 Å². The van der Waals surface area contributed by atoms with Crippen molar-refractivity contribution in [2.24, 2.45) is 7.05 Å². The summed E-state index contributed by atoms with van der Waals surface area (Å²) in [4.78, 5) is 24.2. The number of nitrogens with one attached hydrogen (secondary N) is 1. The fourth-order valence-corrected chi connectivity index (χ4v) is 3.45. The van der Waals surface area contributed by atoms with Crippen LogP contribution in [0.1, 0.15) is 5.82 Å². The molecule has 0 radical (unpaired) electrons. The summed E-state index contributed by atoms with van der Waals surface area (Å²) in [6.45, 7) is 0. The molecule has 4 aromatic rings. The lowest BCUT2D eigenvalue weighted by molar-refractivity contribution is 0.765. The maximum Gasteiger partial charge on any atom is 0.281 e. The first kappa shape index (κ1) is 14.0. The molecule has 0 aliphatic carbocycles. The van der Waals surface area contributed by atoms with Crippen LogP contribution in [0.15, 0.2) is 58.5 Å². The average Bonchev–Trinajstić information content (AvgIpc) is 3.00. The highest BCUT2D eigenvalue weighted by Crippen LogP contribution is 2.22. The number of hydrogen-bond donors (Lipinski definition) is 1. The van der Waals surface area contributed by atoms with E-state index in [1.807, 2.05) is 54.1 Å². The van der Waals surface area contributed by atoms with Crippen molar-refractivity contribution >= 4 is 33.7 Å². The smallest absolute Gasteiger partial charge is 0.281 e. The van der Waals surface area contributed by atoms with Gasteiger partial charge in [-0.1, -0.05) is 36.0 Å². The molecule has 6 heteroatoms. The molecule has 2 aromatic heterocycles. The molecule has 0 spiro atoms. The quantitative estimate of drug-likeness (QED) is 0.465. The van der Waals surface area contributed by atoms with Crippen LogP contribution in [0.25, 0.3) is 21.9 Å². The molecular weight excluding hydrogens is 308 g/mol. The van der Waals surface area contributed by atoms with E-state index in [9.17, 15) is 4.79 Å². The highest BCUT2D eigenvalue weighted by atomic mass is 32.2. The lowest BCUT2D eigenvalue weighted by Gasteiger charge is -2.09. The number of aromatic amines is 1. The number of rotatable bonds is 3. The zero-order valence-corrected chi connectivity index (χ0v) is 13.3. The van der Waals surface area contributed by atoms with Crippen LogP contribution >= 0.6 is 11.8 Å². The van der Waals surface area contributed by atoms with Crippen molar-refractivity contribution in [1.82, 2.24) is 19.5 Å². The van der Waals surface area contributed by atoms with Gasteiger partial charge in [0, 0.05) is 7.05 Å². The van der Waals surface area contributed by atoms with Gasteiger partial charge in [-0.3, -0.25) is 4.79 Å². The first-order valence-electron chi connectivity index (χ1n) is 7.24. The number of para-hydroxylation sites is 3. The van der Waals surface area contributed by atoms with E-state index in [2.05, 4.69) is 15.0 Å².